The minimum atomic E-state index is -0.449. The van der Waals surface area contributed by atoms with Crippen LogP contribution in [-0.4, -0.2) is 43.5 Å². The topological polar surface area (TPSA) is 106 Å². The Labute approximate surface area is 132 Å². The number of aliphatic hydroxyl groups is 1. The van der Waals surface area contributed by atoms with E-state index in [0.29, 0.717) is 25.6 Å². The summed E-state index contributed by atoms with van der Waals surface area (Å²) in [4.78, 5) is 21.0. The predicted octanol–water partition coefficient (Wildman–Crippen LogP) is 1.95. The first kappa shape index (κ1) is 24.9. The number of hydrogen-bond acceptors (Lipinski definition) is 7. The molecule has 0 saturated carbocycles. The monoisotopic (exact) mass is 317 g/mol. The third-order valence-electron chi connectivity index (χ3n) is 1.52. The summed E-state index contributed by atoms with van der Waals surface area (Å²) in [5, 5.41) is 15.5. The molecule has 0 radical (unpaired) electrons. The molecule has 0 bridgehead atoms. The molecule has 0 aliphatic heterocycles. The van der Waals surface area contributed by atoms with Crippen LogP contribution in [0, 0.1) is 11.3 Å². The Kier molecular flexibility index (Phi) is 24.0. The lowest BCUT2D eigenvalue weighted by Gasteiger charge is -2.05. The van der Waals surface area contributed by atoms with Gasteiger partial charge in [0, 0.05) is 6.61 Å². The van der Waals surface area contributed by atoms with E-state index in [1.54, 1.807) is 26.8 Å². The van der Waals surface area contributed by atoms with E-state index in [-0.39, 0.29) is 25.4 Å². The molecule has 0 rings (SSSR count). The molecular weight excluding hydrogens is 290 g/mol. The molecule has 0 atom stereocenters. The second-order valence-electron chi connectivity index (χ2n) is 3.41. The van der Waals surface area contributed by atoms with Crippen LogP contribution in [0.3, 0.4) is 0 Å². The molecule has 0 aliphatic rings. The van der Waals surface area contributed by atoms with Crippen molar-refractivity contribution in [1.82, 2.24) is 0 Å². The highest BCUT2D eigenvalue weighted by Gasteiger charge is 2.04. The summed E-state index contributed by atoms with van der Waals surface area (Å²) in [5.41, 5.74) is 0. The van der Waals surface area contributed by atoms with Gasteiger partial charge in [0.1, 0.15) is 12.8 Å². The maximum absolute atomic E-state index is 10.8. The summed E-state index contributed by atoms with van der Waals surface area (Å²) in [7, 11) is 0. The molecule has 0 aromatic heterocycles. The zero-order chi connectivity index (χ0) is 17.8. The van der Waals surface area contributed by atoms with Gasteiger partial charge in [-0.05, 0) is 27.7 Å². The number of hydrogen-bond donors (Lipinski definition) is 1. The van der Waals surface area contributed by atoms with Crippen LogP contribution in [0.2, 0.25) is 0 Å². The van der Waals surface area contributed by atoms with Gasteiger partial charge in [-0.3, -0.25) is 9.59 Å². The maximum atomic E-state index is 10.8. The average Bonchev–Trinajstić information content (AvgIpc) is 2.41. The van der Waals surface area contributed by atoms with Crippen LogP contribution in [0.4, 0.5) is 0 Å². The van der Waals surface area contributed by atoms with Crippen molar-refractivity contribution < 1.29 is 28.9 Å². The summed E-state index contributed by atoms with van der Waals surface area (Å²) in [5.74, 6) is -0.271. The third-order valence-corrected chi connectivity index (χ3v) is 1.52. The molecule has 22 heavy (non-hydrogen) atoms. The maximum Gasteiger partial charge on any atom is 0.320 e. The van der Waals surface area contributed by atoms with Crippen LogP contribution in [0.25, 0.3) is 0 Å². The summed E-state index contributed by atoms with van der Waals surface area (Å²) >= 11 is 0. The second kappa shape index (κ2) is 21.2. The third kappa shape index (κ3) is 26.5. The molecule has 7 nitrogen and oxygen atoms in total. The van der Waals surface area contributed by atoms with Gasteiger partial charge < -0.3 is 19.3 Å². The molecule has 0 saturated heterocycles. The van der Waals surface area contributed by atoms with Crippen molar-refractivity contribution in [1.29, 1.82) is 5.26 Å². The molecule has 7 heteroatoms. The zero-order valence-electron chi connectivity index (χ0n) is 13.9. The molecule has 0 amide bonds. The Morgan fingerprint density at radius 3 is 1.77 bits per heavy atom. The van der Waals surface area contributed by atoms with Gasteiger partial charge >= 0.3 is 11.9 Å². The Morgan fingerprint density at radius 1 is 1.00 bits per heavy atom. The molecule has 0 aliphatic carbocycles. The molecular formula is C15H27NO6. The lowest BCUT2D eigenvalue weighted by molar-refractivity contribution is -0.143. The highest BCUT2D eigenvalue weighted by atomic mass is 16.5. The first-order valence-electron chi connectivity index (χ1n) is 7.02. The Morgan fingerprint density at radius 2 is 1.41 bits per heavy atom. The number of aliphatic hydroxyl groups excluding tert-OH is 1. The molecule has 1 N–H and O–H groups in total. The van der Waals surface area contributed by atoms with Crippen molar-refractivity contribution in [2.24, 2.45) is 0 Å². The number of nitriles is 1. The van der Waals surface area contributed by atoms with E-state index in [1.807, 2.05) is 6.92 Å². The molecule has 0 spiro atoms. The minimum Gasteiger partial charge on any atom is -0.498 e. The van der Waals surface area contributed by atoms with Gasteiger partial charge in [0.15, 0.2) is 0 Å². The van der Waals surface area contributed by atoms with E-state index in [1.165, 1.54) is 0 Å². The van der Waals surface area contributed by atoms with Gasteiger partial charge in [-0.2, -0.15) is 5.26 Å². The summed E-state index contributed by atoms with van der Waals surface area (Å²) < 4.78 is 14.1. The first-order valence-corrected chi connectivity index (χ1v) is 7.02. The van der Waals surface area contributed by atoms with Crippen LogP contribution in [0.1, 0.15) is 40.5 Å². The predicted molar refractivity (Wildman–Crippen MR) is 81.6 cm³/mol. The second-order valence-corrected chi connectivity index (χ2v) is 3.41. The van der Waals surface area contributed by atoms with Gasteiger partial charge in [0.05, 0.1) is 31.6 Å². The Hall–Kier alpha value is -2.07. The summed E-state index contributed by atoms with van der Waals surface area (Å²) in [6.45, 7) is 12.1. The van der Waals surface area contributed by atoms with Gasteiger partial charge in [-0.15, -0.1) is 0 Å². The number of carbonyl (C=O) groups is 2. The normalized spacial score (nSPS) is 8.00. The van der Waals surface area contributed by atoms with Crippen molar-refractivity contribution in [3.63, 3.8) is 0 Å². The van der Waals surface area contributed by atoms with Gasteiger partial charge in [-0.25, -0.2) is 0 Å². The zero-order valence-corrected chi connectivity index (χ0v) is 13.9. The van der Waals surface area contributed by atoms with Gasteiger partial charge in [0.25, 0.3) is 0 Å². The van der Waals surface area contributed by atoms with Crippen molar-refractivity contribution in [2.75, 3.05) is 26.4 Å². The van der Waals surface area contributed by atoms with Crippen LogP contribution in [0.5, 0.6) is 0 Å². The number of rotatable bonds is 7. The largest absolute Gasteiger partial charge is 0.498 e. The number of nitrogens with zero attached hydrogens (tertiary/aromatic N) is 1. The molecule has 128 valence electrons. The number of ether oxygens (including phenoxy) is 3. The minimum absolute atomic E-state index is 0.145. The van der Waals surface area contributed by atoms with Gasteiger partial charge in [-0.1, -0.05) is 6.58 Å². The van der Waals surface area contributed by atoms with Crippen molar-refractivity contribution in [2.45, 2.75) is 40.5 Å². The van der Waals surface area contributed by atoms with E-state index in [4.69, 9.17) is 15.1 Å². The number of esters is 2. The van der Waals surface area contributed by atoms with Crippen LogP contribution >= 0.6 is 0 Å². The van der Waals surface area contributed by atoms with E-state index in [2.05, 4.69) is 16.1 Å². The van der Waals surface area contributed by atoms with E-state index < -0.39 is 5.97 Å². The standard InChI is InChI=1S/C8H14O3.C5H7NO2.C2H6O/c1-4-10-7(3)6-8(9)11-5-2;1-2-8-5(7)3-4-6;1-2-3/h3-6H2,1-2H3;2-3H2,1H3;3H,2H2,1H3. The van der Waals surface area contributed by atoms with E-state index in [0.717, 1.165) is 0 Å². The SMILES string of the molecule is C=C(CC(=O)OCC)OCC.CCO.CCOC(=O)CC#N. The highest BCUT2D eigenvalue weighted by molar-refractivity contribution is 5.72. The fourth-order valence-electron chi connectivity index (χ4n) is 0.905. The first-order chi connectivity index (χ1) is 10.4. The summed E-state index contributed by atoms with van der Waals surface area (Å²) in [6.07, 6.45) is 0.00944. The van der Waals surface area contributed by atoms with Crippen molar-refractivity contribution >= 4 is 11.9 Å². The molecule has 0 unspecified atom stereocenters. The lowest BCUT2D eigenvalue weighted by atomic mass is 10.4. The summed E-state index contributed by atoms with van der Waals surface area (Å²) in [6, 6.07) is 1.68. The molecule has 0 aromatic rings. The quantitative estimate of drug-likeness (QED) is 0.565. The highest BCUT2D eigenvalue weighted by Crippen LogP contribution is 2.00. The Bertz CT molecular complexity index is 319. The Balaban J connectivity index is -0.000000288. The molecule has 0 aromatic carbocycles. The van der Waals surface area contributed by atoms with Crippen molar-refractivity contribution in [3.05, 3.63) is 12.3 Å². The number of carbonyl (C=O) groups excluding carboxylic acids is 2. The average molecular weight is 317 g/mol. The molecule has 0 heterocycles. The van der Waals surface area contributed by atoms with Crippen LogP contribution in [0.15, 0.2) is 12.3 Å². The smallest absolute Gasteiger partial charge is 0.320 e. The molecule has 0 fully saturated rings. The van der Waals surface area contributed by atoms with Crippen LogP contribution in [-0.2, 0) is 23.8 Å². The fraction of sp³-hybridized carbons (Fsp3) is 0.667. The fourth-order valence-corrected chi connectivity index (χ4v) is 0.905. The van der Waals surface area contributed by atoms with Gasteiger partial charge in [0.2, 0.25) is 0 Å². The lowest BCUT2D eigenvalue weighted by Crippen LogP contribution is -2.06. The van der Waals surface area contributed by atoms with E-state index in [9.17, 15) is 9.59 Å². The van der Waals surface area contributed by atoms with E-state index >= 15 is 0 Å². The van der Waals surface area contributed by atoms with Crippen LogP contribution < -0.4 is 0 Å². The van der Waals surface area contributed by atoms with Crippen molar-refractivity contribution in [3.8, 4) is 6.07 Å².